The van der Waals surface area contributed by atoms with Gasteiger partial charge in [-0.15, -0.1) is 34.4 Å². The zero-order chi connectivity index (χ0) is 20.4. The minimum atomic E-state index is -0.470. The molecule has 1 aliphatic carbocycles. The zero-order valence-electron chi connectivity index (χ0n) is 16.4. The summed E-state index contributed by atoms with van der Waals surface area (Å²) in [6, 6.07) is 3.24. The molecule has 1 unspecified atom stereocenters. The number of anilines is 1. The summed E-state index contributed by atoms with van der Waals surface area (Å²) in [6.07, 6.45) is 5.26. The topological polar surface area (TPSA) is 66.5 Å². The standard InChI is InChI=1S/C21H24N2O3S3/c1-2-6-17(24)23-12-27-11-14(23)20(26)22-21-18(19(25)16-9-5-10-28-16)13-7-3-4-8-15(13)29-21/h5,9-10,14H,2-4,6-8,11-12H2,1H3,(H,22,26). The van der Waals surface area contributed by atoms with Crippen LogP contribution in [0.2, 0.25) is 0 Å². The van der Waals surface area contributed by atoms with E-state index >= 15 is 0 Å². The molecule has 1 atom stereocenters. The van der Waals surface area contributed by atoms with E-state index in [0.717, 1.165) is 37.7 Å². The van der Waals surface area contributed by atoms with E-state index in [1.807, 2.05) is 24.4 Å². The number of aryl methyl sites for hydroxylation is 1. The number of fused-ring (bicyclic) bond motifs is 1. The Morgan fingerprint density at radius 2 is 2.07 bits per heavy atom. The maximum absolute atomic E-state index is 13.2. The van der Waals surface area contributed by atoms with Crippen LogP contribution in [0.4, 0.5) is 5.00 Å². The van der Waals surface area contributed by atoms with Crippen molar-refractivity contribution in [2.24, 2.45) is 0 Å². The third kappa shape index (κ3) is 4.15. The molecule has 29 heavy (non-hydrogen) atoms. The molecule has 1 aliphatic heterocycles. The lowest BCUT2D eigenvalue weighted by Gasteiger charge is -2.23. The average molecular weight is 449 g/mol. The van der Waals surface area contributed by atoms with Gasteiger partial charge in [0.15, 0.2) is 0 Å². The molecule has 154 valence electrons. The van der Waals surface area contributed by atoms with Crippen molar-refractivity contribution >= 4 is 57.0 Å². The first-order valence-corrected chi connectivity index (χ1v) is 12.9. The van der Waals surface area contributed by atoms with Crippen LogP contribution in [-0.4, -0.2) is 40.2 Å². The molecule has 8 heteroatoms. The molecule has 1 N–H and O–H groups in total. The third-order valence-corrected chi connectivity index (χ3v) is 8.44. The summed E-state index contributed by atoms with van der Waals surface area (Å²) in [5.41, 5.74) is 1.77. The largest absolute Gasteiger partial charge is 0.321 e. The van der Waals surface area contributed by atoms with Crippen molar-refractivity contribution in [1.82, 2.24) is 4.90 Å². The second-order valence-corrected chi connectivity index (χ2v) is 10.4. The first-order valence-electron chi connectivity index (χ1n) is 10.0. The maximum Gasteiger partial charge on any atom is 0.248 e. The highest BCUT2D eigenvalue weighted by atomic mass is 32.2. The average Bonchev–Trinajstić information content (AvgIpc) is 3.46. The van der Waals surface area contributed by atoms with Gasteiger partial charge in [-0.05, 0) is 49.1 Å². The van der Waals surface area contributed by atoms with Crippen molar-refractivity contribution in [3.8, 4) is 0 Å². The van der Waals surface area contributed by atoms with Crippen molar-refractivity contribution in [1.29, 1.82) is 0 Å². The SMILES string of the molecule is CCCC(=O)N1CSCC1C(=O)Nc1sc2c(c1C(=O)c1cccs1)CCCC2. The van der Waals surface area contributed by atoms with Crippen LogP contribution in [0.3, 0.4) is 0 Å². The molecule has 0 radical (unpaired) electrons. The normalized spacial score (nSPS) is 18.5. The van der Waals surface area contributed by atoms with Gasteiger partial charge >= 0.3 is 0 Å². The first kappa shape index (κ1) is 20.6. The number of amides is 2. The Labute approximate surface area is 182 Å². The van der Waals surface area contributed by atoms with Crippen molar-refractivity contribution in [2.75, 3.05) is 16.9 Å². The van der Waals surface area contributed by atoms with Gasteiger partial charge in [-0.2, -0.15) is 0 Å². The molecule has 2 aromatic heterocycles. The molecule has 1 fully saturated rings. The van der Waals surface area contributed by atoms with E-state index in [-0.39, 0.29) is 17.6 Å². The second-order valence-electron chi connectivity index (χ2n) is 7.34. The van der Waals surface area contributed by atoms with Crippen LogP contribution in [0.15, 0.2) is 17.5 Å². The van der Waals surface area contributed by atoms with Crippen molar-refractivity contribution < 1.29 is 14.4 Å². The second kappa shape index (κ2) is 9.02. The summed E-state index contributed by atoms with van der Waals surface area (Å²) in [7, 11) is 0. The fourth-order valence-electron chi connectivity index (χ4n) is 3.88. The van der Waals surface area contributed by atoms with Crippen molar-refractivity contribution in [3.63, 3.8) is 0 Å². The molecule has 0 aromatic carbocycles. The Morgan fingerprint density at radius 1 is 1.24 bits per heavy atom. The number of carbonyl (C=O) groups is 3. The lowest BCUT2D eigenvalue weighted by atomic mass is 9.93. The van der Waals surface area contributed by atoms with Gasteiger partial charge in [0.25, 0.3) is 0 Å². The predicted octanol–water partition coefficient (Wildman–Crippen LogP) is 4.56. The minimum absolute atomic E-state index is 0.00517. The summed E-state index contributed by atoms with van der Waals surface area (Å²) < 4.78 is 0. The van der Waals surface area contributed by atoms with Crippen LogP contribution < -0.4 is 5.32 Å². The fraction of sp³-hybridized carbons (Fsp3) is 0.476. The van der Waals surface area contributed by atoms with E-state index in [4.69, 9.17) is 0 Å². The van der Waals surface area contributed by atoms with Crippen LogP contribution in [0, 0.1) is 0 Å². The van der Waals surface area contributed by atoms with Gasteiger partial charge < -0.3 is 10.2 Å². The maximum atomic E-state index is 13.2. The van der Waals surface area contributed by atoms with Gasteiger partial charge in [0.1, 0.15) is 11.0 Å². The Morgan fingerprint density at radius 3 is 2.83 bits per heavy atom. The van der Waals surface area contributed by atoms with Gasteiger partial charge in [-0.3, -0.25) is 14.4 Å². The van der Waals surface area contributed by atoms with E-state index in [2.05, 4.69) is 5.32 Å². The van der Waals surface area contributed by atoms with Crippen LogP contribution in [0.5, 0.6) is 0 Å². The molecule has 0 bridgehead atoms. The molecule has 4 rings (SSSR count). The minimum Gasteiger partial charge on any atom is -0.321 e. The number of thiophene rings is 2. The summed E-state index contributed by atoms with van der Waals surface area (Å²) in [4.78, 5) is 42.3. The van der Waals surface area contributed by atoms with E-state index < -0.39 is 6.04 Å². The molecule has 3 heterocycles. The summed E-state index contributed by atoms with van der Waals surface area (Å²) >= 11 is 4.57. The van der Waals surface area contributed by atoms with Gasteiger partial charge in [0.2, 0.25) is 17.6 Å². The van der Waals surface area contributed by atoms with Crippen molar-refractivity contribution in [2.45, 2.75) is 51.5 Å². The number of thioether (sulfide) groups is 1. The van der Waals surface area contributed by atoms with Crippen LogP contribution in [-0.2, 0) is 22.4 Å². The Kier molecular flexibility index (Phi) is 6.41. The van der Waals surface area contributed by atoms with Gasteiger partial charge in [0.05, 0.1) is 16.3 Å². The highest BCUT2D eigenvalue weighted by Crippen LogP contribution is 2.40. The van der Waals surface area contributed by atoms with E-state index in [1.165, 1.54) is 27.6 Å². The predicted molar refractivity (Wildman–Crippen MR) is 120 cm³/mol. The molecule has 5 nitrogen and oxygen atoms in total. The third-order valence-electron chi connectivity index (χ3n) is 5.35. The Balaban J connectivity index is 1.61. The lowest BCUT2D eigenvalue weighted by molar-refractivity contribution is -0.136. The Hall–Kier alpha value is -1.64. The molecular weight excluding hydrogens is 424 g/mol. The lowest BCUT2D eigenvalue weighted by Crippen LogP contribution is -2.44. The number of hydrogen-bond acceptors (Lipinski definition) is 6. The fourth-order valence-corrected chi connectivity index (χ4v) is 7.02. The molecule has 0 saturated carbocycles. The molecule has 2 amide bonds. The number of carbonyl (C=O) groups excluding carboxylic acids is 3. The number of nitrogens with zero attached hydrogens (tertiary/aromatic N) is 1. The van der Waals surface area contributed by atoms with E-state index in [0.29, 0.717) is 33.5 Å². The van der Waals surface area contributed by atoms with Gasteiger partial charge in [-0.25, -0.2) is 0 Å². The van der Waals surface area contributed by atoms with E-state index in [9.17, 15) is 14.4 Å². The van der Waals surface area contributed by atoms with Gasteiger partial charge in [0, 0.05) is 17.1 Å². The molecule has 2 aromatic rings. The van der Waals surface area contributed by atoms with Crippen LogP contribution in [0.25, 0.3) is 0 Å². The monoisotopic (exact) mass is 448 g/mol. The molecule has 0 spiro atoms. The summed E-state index contributed by atoms with van der Waals surface area (Å²) in [5, 5.41) is 5.59. The molecule has 2 aliphatic rings. The summed E-state index contributed by atoms with van der Waals surface area (Å²) in [5.74, 6) is 0.991. The van der Waals surface area contributed by atoms with Crippen molar-refractivity contribution in [3.05, 3.63) is 38.4 Å². The quantitative estimate of drug-likeness (QED) is 0.658. The molecular formula is C21H24N2O3S3. The Bertz CT molecular complexity index is 920. The number of nitrogens with one attached hydrogen (secondary N) is 1. The highest BCUT2D eigenvalue weighted by molar-refractivity contribution is 7.99. The number of ketones is 1. The zero-order valence-corrected chi connectivity index (χ0v) is 18.8. The highest BCUT2D eigenvalue weighted by Gasteiger charge is 2.36. The molecule has 1 saturated heterocycles. The van der Waals surface area contributed by atoms with Gasteiger partial charge in [-0.1, -0.05) is 13.0 Å². The van der Waals surface area contributed by atoms with E-state index in [1.54, 1.807) is 16.7 Å². The smallest absolute Gasteiger partial charge is 0.248 e. The first-order chi connectivity index (χ1) is 14.1. The van der Waals surface area contributed by atoms with Crippen LogP contribution >= 0.6 is 34.4 Å². The number of rotatable bonds is 6. The summed E-state index contributed by atoms with van der Waals surface area (Å²) in [6.45, 7) is 1.97. The number of hydrogen-bond donors (Lipinski definition) is 1. The van der Waals surface area contributed by atoms with Crippen LogP contribution in [0.1, 0.15) is 58.3 Å².